The number of hydrogen-bond donors (Lipinski definition) is 2. The summed E-state index contributed by atoms with van der Waals surface area (Å²) >= 11 is 0. The molecule has 0 aromatic carbocycles. The summed E-state index contributed by atoms with van der Waals surface area (Å²) in [5.41, 5.74) is 4.98. The number of nitrogens with zero attached hydrogens (tertiary/aromatic N) is 2. The van der Waals surface area contributed by atoms with E-state index in [1.165, 1.54) is 12.8 Å². The normalized spacial score (nSPS) is 21.6. The van der Waals surface area contributed by atoms with Crippen molar-refractivity contribution in [3.05, 3.63) is 0 Å². The summed E-state index contributed by atoms with van der Waals surface area (Å²) < 4.78 is 0. The minimum Gasteiger partial charge on any atom is -0.409 e. The zero-order chi connectivity index (χ0) is 15.2. The van der Waals surface area contributed by atoms with E-state index in [4.69, 9.17) is 10.9 Å². The number of nitrogens with two attached hydrogens (primary N) is 1. The van der Waals surface area contributed by atoms with Crippen LogP contribution >= 0.6 is 0 Å². The van der Waals surface area contributed by atoms with Crippen LogP contribution in [0.2, 0.25) is 0 Å². The number of rotatable bonds is 5. The molecular formula is C15H29N3O2. The molecule has 0 saturated carbocycles. The lowest BCUT2D eigenvalue weighted by Crippen LogP contribution is -2.51. The molecule has 1 heterocycles. The summed E-state index contributed by atoms with van der Waals surface area (Å²) in [6, 6.07) is 0. The number of hydrogen-bond acceptors (Lipinski definition) is 3. The van der Waals surface area contributed by atoms with Crippen molar-refractivity contribution in [2.45, 2.75) is 59.3 Å². The molecule has 20 heavy (non-hydrogen) atoms. The van der Waals surface area contributed by atoms with E-state index in [1.807, 2.05) is 18.7 Å². The Morgan fingerprint density at radius 3 is 2.45 bits per heavy atom. The van der Waals surface area contributed by atoms with Crippen LogP contribution in [0.4, 0.5) is 0 Å². The molecule has 1 aliphatic heterocycles. The number of carbonyl (C=O) groups excluding carboxylic acids is 1. The van der Waals surface area contributed by atoms with Gasteiger partial charge in [0.1, 0.15) is 5.41 Å². The summed E-state index contributed by atoms with van der Waals surface area (Å²) in [6.45, 7) is 7.63. The van der Waals surface area contributed by atoms with E-state index in [1.54, 1.807) is 0 Å². The van der Waals surface area contributed by atoms with Gasteiger partial charge in [0.25, 0.3) is 0 Å². The lowest BCUT2D eigenvalue weighted by atomic mass is 9.79. The van der Waals surface area contributed by atoms with Gasteiger partial charge < -0.3 is 15.8 Å². The van der Waals surface area contributed by atoms with Gasteiger partial charge in [-0.2, -0.15) is 0 Å². The van der Waals surface area contributed by atoms with Gasteiger partial charge in [-0.1, -0.05) is 32.3 Å². The molecule has 3 N–H and O–H groups in total. The van der Waals surface area contributed by atoms with Crippen molar-refractivity contribution in [2.75, 3.05) is 13.1 Å². The number of amides is 1. The summed E-state index contributed by atoms with van der Waals surface area (Å²) in [6.07, 6.45) is 5.59. The molecule has 0 aromatic heterocycles. The average molecular weight is 283 g/mol. The van der Waals surface area contributed by atoms with Gasteiger partial charge in [0, 0.05) is 13.1 Å². The highest BCUT2D eigenvalue weighted by atomic mass is 16.4. The maximum Gasteiger partial charge on any atom is 0.236 e. The van der Waals surface area contributed by atoms with E-state index < -0.39 is 5.41 Å². The van der Waals surface area contributed by atoms with Crippen LogP contribution in [0.1, 0.15) is 59.3 Å². The Hall–Kier alpha value is -1.26. The first-order valence-electron chi connectivity index (χ1n) is 7.83. The van der Waals surface area contributed by atoms with Crippen molar-refractivity contribution >= 4 is 11.7 Å². The van der Waals surface area contributed by atoms with E-state index in [-0.39, 0.29) is 11.7 Å². The lowest BCUT2D eigenvalue weighted by molar-refractivity contribution is -0.138. The van der Waals surface area contributed by atoms with Gasteiger partial charge in [0.15, 0.2) is 5.84 Å². The standard InChI is InChI=1S/C15H29N3O2/c1-4-12-8-7-10-18(11-9-12)14(19)15(5-2,6-3)13(16)17-20/h12,20H,4-11H2,1-3H3,(H2,16,17). The number of amidine groups is 1. The second kappa shape index (κ2) is 7.50. The van der Waals surface area contributed by atoms with Crippen LogP contribution in [0.5, 0.6) is 0 Å². The first kappa shape index (κ1) is 16.8. The topological polar surface area (TPSA) is 78.9 Å². The average Bonchev–Trinajstić information content (AvgIpc) is 2.73. The third kappa shape index (κ3) is 3.25. The van der Waals surface area contributed by atoms with Gasteiger partial charge >= 0.3 is 0 Å². The monoisotopic (exact) mass is 283 g/mol. The molecule has 0 spiro atoms. The molecule has 1 rings (SSSR count). The minimum absolute atomic E-state index is 0.0227. The molecule has 0 bridgehead atoms. The second-order valence-corrected chi connectivity index (χ2v) is 5.77. The Kier molecular flexibility index (Phi) is 6.30. The third-order valence-corrected chi connectivity index (χ3v) is 4.93. The lowest BCUT2D eigenvalue weighted by Gasteiger charge is -2.34. The molecule has 1 fully saturated rings. The van der Waals surface area contributed by atoms with Crippen molar-refractivity contribution in [1.29, 1.82) is 0 Å². The van der Waals surface area contributed by atoms with Crippen molar-refractivity contribution in [3.8, 4) is 0 Å². The van der Waals surface area contributed by atoms with Gasteiger partial charge in [0.05, 0.1) is 0 Å². The molecule has 1 amide bonds. The Morgan fingerprint density at radius 1 is 1.30 bits per heavy atom. The molecule has 1 saturated heterocycles. The highest BCUT2D eigenvalue weighted by Gasteiger charge is 2.42. The largest absolute Gasteiger partial charge is 0.409 e. The molecule has 1 aliphatic rings. The fourth-order valence-electron chi connectivity index (χ4n) is 3.20. The zero-order valence-electron chi connectivity index (χ0n) is 13.1. The van der Waals surface area contributed by atoms with E-state index in [0.717, 1.165) is 25.9 Å². The molecule has 0 radical (unpaired) electrons. The van der Waals surface area contributed by atoms with Crippen LogP contribution in [-0.2, 0) is 4.79 Å². The predicted octanol–water partition coefficient (Wildman–Crippen LogP) is 2.58. The fourth-order valence-corrected chi connectivity index (χ4v) is 3.20. The molecule has 1 unspecified atom stereocenters. The van der Waals surface area contributed by atoms with E-state index in [2.05, 4.69) is 12.1 Å². The van der Waals surface area contributed by atoms with Gasteiger partial charge in [-0.15, -0.1) is 0 Å². The first-order valence-corrected chi connectivity index (χ1v) is 7.83. The first-order chi connectivity index (χ1) is 9.55. The molecule has 5 nitrogen and oxygen atoms in total. The van der Waals surface area contributed by atoms with E-state index >= 15 is 0 Å². The van der Waals surface area contributed by atoms with Crippen LogP contribution in [0.25, 0.3) is 0 Å². The molecule has 5 heteroatoms. The quantitative estimate of drug-likeness (QED) is 0.352. The van der Waals surface area contributed by atoms with Crippen LogP contribution in [0.3, 0.4) is 0 Å². The van der Waals surface area contributed by atoms with E-state index in [9.17, 15) is 4.79 Å². The predicted molar refractivity (Wildman–Crippen MR) is 80.6 cm³/mol. The van der Waals surface area contributed by atoms with Gasteiger partial charge in [-0.05, 0) is 38.0 Å². The zero-order valence-corrected chi connectivity index (χ0v) is 13.1. The van der Waals surface area contributed by atoms with Crippen molar-refractivity contribution in [1.82, 2.24) is 4.90 Å². The van der Waals surface area contributed by atoms with Crippen molar-refractivity contribution < 1.29 is 10.0 Å². The summed E-state index contributed by atoms with van der Waals surface area (Å²) in [5.74, 6) is 0.785. The van der Waals surface area contributed by atoms with Crippen LogP contribution in [0.15, 0.2) is 5.16 Å². The summed E-state index contributed by atoms with van der Waals surface area (Å²) in [4.78, 5) is 14.8. The molecule has 0 aliphatic carbocycles. The summed E-state index contributed by atoms with van der Waals surface area (Å²) in [5, 5.41) is 12.1. The maximum absolute atomic E-state index is 12.9. The van der Waals surface area contributed by atoms with Gasteiger partial charge in [-0.25, -0.2) is 0 Å². The highest BCUT2D eigenvalue weighted by molar-refractivity contribution is 6.06. The summed E-state index contributed by atoms with van der Waals surface area (Å²) in [7, 11) is 0. The SMILES string of the molecule is CCC1CCCN(C(=O)C(CC)(CC)C(N)=NO)CC1. The van der Waals surface area contributed by atoms with Gasteiger partial charge in [0.2, 0.25) is 5.91 Å². The van der Waals surface area contributed by atoms with Crippen LogP contribution < -0.4 is 5.73 Å². The minimum atomic E-state index is -0.846. The highest BCUT2D eigenvalue weighted by Crippen LogP contribution is 2.31. The van der Waals surface area contributed by atoms with Crippen LogP contribution in [-0.4, -0.2) is 34.9 Å². The second-order valence-electron chi connectivity index (χ2n) is 5.77. The number of likely N-dealkylation sites (tertiary alicyclic amines) is 1. The van der Waals surface area contributed by atoms with Gasteiger partial charge in [-0.3, -0.25) is 4.79 Å². The number of carbonyl (C=O) groups is 1. The van der Waals surface area contributed by atoms with E-state index in [0.29, 0.717) is 18.8 Å². The molecular weight excluding hydrogens is 254 g/mol. The van der Waals surface area contributed by atoms with Crippen LogP contribution in [0, 0.1) is 11.3 Å². The fraction of sp³-hybridized carbons (Fsp3) is 0.867. The maximum atomic E-state index is 12.9. The Bertz CT molecular complexity index is 351. The Balaban J connectivity index is 2.90. The Labute approximate surface area is 122 Å². The smallest absolute Gasteiger partial charge is 0.236 e. The molecule has 0 aromatic rings. The molecule has 1 atom stereocenters. The number of oxime groups is 1. The molecule has 116 valence electrons. The Morgan fingerprint density at radius 2 is 1.95 bits per heavy atom. The third-order valence-electron chi connectivity index (χ3n) is 4.93. The van der Waals surface area contributed by atoms with Crippen molar-refractivity contribution in [2.24, 2.45) is 22.2 Å². The van der Waals surface area contributed by atoms with Crippen molar-refractivity contribution in [3.63, 3.8) is 0 Å².